The van der Waals surface area contributed by atoms with Gasteiger partial charge >= 0.3 is 0 Å². The highest BCUT2D eigenvalue weighted by Gasteiger charge is 2.25. The third-order valence-corrected chi connectivity index (χ3v) is 3.81. The van der Waals surface area contributed by atoms with Crippen molar-refractivity contribution in [3.05, 3.63) is 59.7 Å². The van der Waals surface area contributed by atoms with Crippen molar-refractivity contribution in [2.45, 2.75) is 45.8 Å². The summed E-state index contributed by atoms with van der Waals surface area (Å²) in [5.41, 5.74) is 2.08. The maximum absolute atomic E-state index is 9.98. The van der Waals surface area contributed by atoms with Crippen LogP contribution in [0.25, 0.3) is 6.08 Å². The molecular formula is C19H25NO. The number of aromatic hydroxyl groups is 1. The Hall–Kier alpha value is -1.80. The van der Waals surface area contributed by atoms with Crippen LogP contribution in [0.4, 0.5) is 0 Å². The molecule has 1 aliphatic carbocycles. The molecule has 0 bridgehead atoms. The van der Waals surface area contributed by atoms with Crippen LogP contribution >= 0.6 is 0 Å². The topological polar surface area (TPSA) is 23.5 Å². The van der Waals surface area contributed by atoms with Gasteiger partial charge in [0, 0.05) is 17.6 Å². The molecule has 0 spiro atoms. The Balaban J connectivity index is 2.39. The largest absolute Gasteiger partial charge is 0.507 e. The smallest absolute Gasteiger partial charge is 0.122 e. The van der Waals surface area contributed by atoms with Crippen molar-refractivity contribution in [2.24, 2.45) is 0 Å². The molecule has 1 aliphatic rings. The van der Waals surface area contributed by atoms with Crippen LogP contribution in [0.3, 0.4) is 0 Å². The van der Waals surface area contributed by atoms with Gasteiger partial charge in [-0.25, -0.2) is 0 Å². The van der Waals surface area contributed by atoms with Crippen LogP contribution in [0.1, 0.15) is 33.3 Å². The van der Waals surface area contributed by atoms with Gasteiger partial charge in [-0.05, 0) is 45.4 Å². The molecule has 1 N–H and O–H groups in total. The monoisotopic (exact) mass is 283 g/mol. The summed E-state index contributed by atoms with van der Waals surface area (Å²) < 4.78 is 0. The van der Waals surface area contributed by atoms with E-state index in [4.69, 9.17) is 0 Å². The number of phenolic OH excluding ortho intramolecular Hbond substituents is 1. The van der Waals surface area contributed by atoms with Crippen LogP contribution in [0.15, 0.2) is 54.1 Å². The number of para-hydroxylation sites is 1. The van der Waals surface area contributed by atoms with E-state index in [0.717, 1.165) is 5.56 Å². The Bertz CT molecular complexity index is 559. The zero-order valence-corrected chi connectivity index (χ0v) is 13.3. The van der Waals surface area contributed by atoms with Crippen molar-refractivity contribution >= 4 is 6.08 Å². The number of rotatable bonds is 4. The second-order valence-corrected chi connectivity index (χ2v) is 6.03. The summed E-state index contributed by atoms with van der Waals surface area (Å²) >= 11 is 0. The van der Waals surface area contributed by atoms with E-state index in [0.29, 0.717) is 17.8 Å². The Labute approximate surface area is 128 Å². The molecule has 112 valence electrons. The lowest BCUT2D eigenvalue weighted by Gasteiger charge is -2.38. The first-order valence-corrected chi connectivity index (χ1v) is 7.62. The highest BCUT2D eigenvalue weighted by atomic mass is 16.3. The van der Waals surface area contributed by atoms with Gasteiger partial charge in [0.05, 0.1) is 6.04 Å². The molecule has 0 saturated carbocycles. The second kappa shape index (κ2) is 6.77. The van der Waals surface area contributed by atoms with Crippen molar-refractivity contribution in [3.63, 3.8) is 0 Å². The molecule has 0 fully saturated rings. The minimum atomic E-state index is 0.245. The zero-order chi connectivity index (χ0) is 15.4. The second-order valence-electron chi connectivity index (χ2n) is 6.03. The van der Waals surface area contributed by atoms with Gasteiger partial charge in [0.1, 0.15) is 5.75 Å². The molecule has 1 aromatic carbocycles. The van der Waals surface area contributed by atoms with Crippen molar-refractivity contribution in [1.82, 2.24) is 4.90 Å². The maximum atomic E-state index is 9.98. The number of benzene rings is 1. The van der Waals surface area contributed by atoms with Crippen molar-refractivity contribution < 1.29 is 5.11 Å². The minimum Gasteiger partial charge on any atom is -0.507 e. The fourth-order valence-electron chi connectivity index (χ4n) is 2.98. The molecule has 0 amide bonds. The fraction of sp³-hybridized carbons (Fsp3) is 0.368. The predicted molar refractivity (Wildman–Crippen MR) is 90.3 cm³/mol. The van der Waals surface area contributed by atoms with Gasteiger partial charge in [-0.15, -0.1) is 0 Å². The quantitative estimate of drug-likeness (QED) is 0.886. The number of hydrogen-bond acceptors (Lipinski definition) is 2. The Morgan fingerprint density at radius 2 is 1.71 bits per heavy atom. The summed E-state index contributed by atoms with van der Waals surface area (Å²) in [6.45, 7) is 8.90. The van der Waals surface area contributed by atoms with E-state index in [1.807, 2.05) is 18.2 Å². The molecule has 1 atom stereocenters. The third-order valence-electron chi connectivity index (χ3n) is 3.81. The van der Waals surface area contributed by atoms with Crippen LogP contribution in [-0.2, 0) is 0 Å². The highest BCUT2D eigenvalue weighted by molar-refractivity contribution is 5.64. The lowest BCUT2D eigenvalue weighted by atomic mass is 9.95. The van der Waals surface area contributed by atoms with E-state index >= 15 is 0 Å². The first-order valence-electron chi connectivity index (χ1n) is 7.62. The van der Waals surface area contributed by atoms with E-state index in [9.17, 15) is 5.11 Å². The summed E-state index contributed by atoms with van der Waals surface area (Å²) in [5.74, 6) is 0.326. The number of nitrogens with zero attached hydrogens (tertiary/aromatic N) is 1. The van der Waals surface area contributed by atoms with E-state index in [2.05, 4.69) is 63.0 Å². The summed E-state index contributed by atoms with van der Waals surface area (Å²) in [6, 6.07) is 8.63. The van der Waals surface area contributed by atoms with Gasteiger partial charge in [0.15, 0.2) is 0 Å². The van der Waals surface area contributed by atoms with E-state index < -0.39 is 0 Å². The van der Waals surface area contributed by atoms with Crippen LogP contribution < -0.4 is 0 Å². The normalized spacial score (nSPS) is 20.1. The summed E-state index contributed by atoms with van der Waals surface area (Å²) in [7, 11) is 0. The summed E-state index contributed by atoms with van der Waals surface area (Å²) in [5, 5.41) is 9.98. The molecule has 0 aromatic heterocycles. The zero-order valence-electron chi connectivity index (χ0n) is 13.3. The first kappa shape index (κ1) is 15.6. The predicted octanol–water partition coefficient (Wildman–Crippen LogP) is 4.39. The van der Waals surface area contributed by atoms with Gasteiger partial charge in [-0.3, -0.25) is 4.90 Å². The van der Waals surface area contributed by atoms with Crippen LogP contribution in [0, 0.1) is 0 Å². The van der Waals surface area contributed by atoms with Crippen molar-refractivity contribution in [2.75, 3.05) is 0 Å². The average Bonchev–Trinajstić information content (AvgIpc) is 2.42. The molecule has 0 radical (unpaired) electrons. The highest BCUT2D eigenvalue weighted by Crippen LogP contribution is 2.27. The number of phenols is 1. The molecule has 21 heavy (non-hydrogen) atoms. The van der Waals surface area contributed by atoms with Crippen molar-refractivity contribution in [1.29, 1.82) is 0 Å². The van der Waals surface area contributed by atoms with Gasteiger partial charge in [0.2, 0.25) is 0 Å². The number of allylic oxidation sites excluding steroid dienone is 2. The van der Waals surface area contributed by atoms with E-state index in [-0.39, 0.29) is 6.04 Å². The standard InChI is InChI=1S/C19H25NO/c1-14(2)20(15(3)4)18-11-7-5-9-16(18)13-17-10-6-8-12-19(17)21/h5-15,18,21H,1-4H3. The summed E-state index contributed by atoms with van der Waals surface area (Å²) in [4.78, 5) is 2.48. The molecular weight excluding hydrogens is 258 g/mol. The van der Waals surface area contributed by atoms with Crippen molar-refractivity contribution in [3.8, 4) is 5.75 Å². The number of hydrogen-bond donors (Lipinski definition) is 1. The molecule has 2 heteroatoms. The van der Waals surface area contributed by atoms with Crippen LogP contribution in [-0.4, -0.2) is 28.1 Å². The average molecular weight is 283 g/mol. The molecule has 0 saturated heterocycles. The van der Waals surface area contributed by atoms with E-state index in [1.54, 1.807) is 6.07 Å². The van der Waals surface area contributed by atoms with E-state index in [1.165, 1.54) is 5.57 Å². The first-order chi connectivity index (χ1) is 10.0. The summed E-state index contributed by atoms with van der Waals surface area (Å²) in [6.07, 6.45) is 10.6. The van der Waals surface area contributed by atoms with Gasteiger partial charge < -0.3 is 5.11 Å². The maximum Gasteiger partial charge on any atom is 0.122 e. The Morgan fingerprint density at radius 1 is 1.05 bits per heavy atom. The minimum absolute atomic E-state index is 0.245. The lowest BCUT2D eigenvalue weighted by molar-refractivity contribution is 0.157. The molecule has 1 unspecified atom stereocenters. The third kappa shape index (κ3) is 3.64. The van der Waals surface area contributed by atoms with Gasteiger partial charge in [0.25, 0.3) is 0 Å². The van der Waals surface area contributed by atoms with Crippen LogP contribution in [0.5, 0.6) is 5.75 Å². The van der Waals surface area contributed by atoms with Crippen LogP contribution in [0.2, 0.25) is 0 Å². The van der Waals surface area contributed by atoms with Gasteiger partial charge in [-0.2, -0.15) is 0 Å². The SMILES string of the molecule is CC(C)N(C(C)C)C1C=CC=CC1=Cc1ccccc1O. The lowest BCUT2D eigenvalue weighted by Crippen LogP contribution is -2.45. The molecule has 0 heterocycles. The fourth-order valence-corrected chi connectivity index (χ4v) is 2.98. The molecule has 2 nitrogen and oxygen atoms in total. The Morgan fingerprint density at radius 3 is 2.33 bits per heavy atom. The molecule has 1 aromatic rings. The van der Waals surface area contributed by atoms with Gasteiger partial charge in [-0.1, -0.05) is 42.5 Å². The Kier molecular flexibility index (Phi) is 5.03. The molecule has 0 aliphatic heterocycles. The molecule has 2 rings (SSSR count).